The number of anilines is 1. The minimum atomic E-state index is -0.563. The third-order valence-corrected chi connectivity index (χ3v) is 3.47. The third kappa shape index (κ3) is 2.74. The van der Waals surface area contributed by atoms with Crippen LogP contribution in [-0.4, -0.2) is 11.5 Å². The molecular weight excluding hydrogens is 289 g/mol. The fourth-order valence-electron chi connectivity index (χ4n) is 2.39. The lowest BCUT2D eigenvalue weighted by Crippen LogP contribution is -2.08. The van der Waals surface area contributed by atoms with Crippen LogP contribution in [0, 0.1) is 17.5 Å². The van der Waals surface area contributed by atoms with E-state index in [0.717, 1.165) is 0 Å². The van der Waals surface area contributed by atoms with E-state index in [-0.39, 0.29) is 17.5 Å². The van der Waals surface area contributed by atoms with Crippen molar-refractivity contribution in [2.24, 2.45) is 0 Å². The fraction of sp³-hybridized carbons (Fsp3) is 0.118. The first-order valence-electron chi connectivity index (χ1n) is 6.87. The minimum absolute atomic E-state index is 0.0412. The first kappa shape index (κ1) is 14.4. The number of nitrogens with one attached hydrogen (secondary N) is 1. The number of hydrogen-bond donors (Lipinski definition) is 1. The molecule has 0 bridgehead atoms. The molecule has 1 heterocycles. The summed E-state index contributed by atoms with van der Waals surface area (Å²) < 4.78 is 40.8. The first-order chi connectivity index (χ1) is 10.7. The highest BCUT2D eigenvalue weighted by molar-refractivity contribution is 5.91. The van der Waals surface area contributed by atoms with Crippen LogP contribution in [0.3, 0.4) is 0 Å². The molecule has 0 atom stereocenters. The second-order valence-electron chi connectivity index (χ2n) is 4.87. The summed E-state index contributed by atoms with van der Waals surface area (Å²) in [4.78, 5) is 4.00. The van der Waals surface area contributed by atoms with Crippen molar-refractivity contribution in [3.63, 3.8) is 0 Å². The SMILES string of the molecule is Fc1cccc(F)c1CCNc1ccnc2c(F)cccc12. The highest BCUT2D eigenvalue weighted by atomic mass is 19.1. The number of fused-ring (bicyclic) bond motifs is 1. The Morgan fingerprint density at radius 2 is 1.55 bits per heavy atom. The summed E-state index contributed by atoms with van der Waals surface area (Å²) in [5.74, 6) is -1.53. The van der Waals surface area contributed by atoms with E-state index < -0.39 is 17.5 Å². The molecule has 1 N–H and O–H groups in total. The van der Waals surface area contributed by atoms with Crippen molar-refractivity contribution in [2.75, 3.05) is 11.9 Å². The van der Waals surface area contributed by atoms with E-state index in [1.807, 2.05) is 0 Å². The Bertz CT molecular complexity index is 798. The van der Waals surface area contributed by atoms with Crippen LogP contribution in [0.4, 0.5) is 18.9 Å². The van der Waals surface area contributed by atoms with Gasteiger partial charge in [0, 0.05) is 29.4 Å². The summed E-state index contributed by atoms with van der Waals surface area (Å²) in [6.07, 6.45) is 1.69. The number of pyridine rings is 1. The molecule has 0 spiro atoms. The van der Waals surface area contributed by atoms with E-state index in [4.69, 9.17) is 0 Å². The highest BCUT2D eigenvalue weighted by Gasteiger charge is 2.09. The number of benzene rings is 2. The van der Waals surface area contributed by atoms with Crippen molar-refractivity contribution < 1.29 is 13.2 Å². The van der Waals surface area contributed by atoms with E-state index in [1.165, 1.54) is 30.5 Å². The zero-order valence-electron chi connectivity index (χ0n) is 11.6. The van der Waals surface area contributed by atoms with E-state index >= 15 is 0 Å². The molecule has 0 amide bonds. The van der Waals surface area contributed by atoms with E-state index in [9.17, 15) is 13.2 Å². The van der Waals surface area contributed by atoms with Gasteiger partial charge in [0.2, 0.25) is 0 Å². The number of halogens is 3. The van der Waals surface area contributed by atoms with Gasteiger partial charge in [-0.3, -0.25) is 4.98 Å². The van der Waals surface area contributed by atoms with Gasteiger partial charge in [-0.05, 0) is 30.7 Å². The third-order valence-electron chi connectivity index (χ3n) is 3.47. The van der Waals surface area contributed by atoms with Gasteiger partial charge >= 0.3 is 0 Å². The molecule has 0 saturated carbocycles. The molecule has 0 saturated heterocycles. The molecule has 2 aromatic carbocycles. The van der Waals surface area contributed by atoms with Crippen LogP contribution < -0.4 is 5.32 Å². The van der Waals surface area contributed by atoms with Gasteiger partial charge in [-0.2, -0.15) is 0 Å². The molecule has 112 valence electrons. The maximum atomic E-state index is 13.7. The maximum absolute atomic E-state index is 13.7. The van der Waals surface area contributed by atoms with E-state index in [2.05, 4.69) is 10.3 Å². The number of rotatable bonds is 4. The Morgan fingerprint density at radius 1 is 0.864 bits per heavy atom. The molecule has 22 heavy (non-hydrogen) atoms. The first-order valence-corrected chi connectivity index (χ1v) is 6.87. The molecule has 5 heteroatoms. The summed E-state index contributed by atoms with van der Waals surface area (Å²) >= 11 is 0. The number of aromatic nitrogens is 1. The molecule has 0 aliphatic heterocycles. The van der Waals surface area contributed by atoms with Crippen LogP contribution in [0.15, 0.2) is 48.7 Å². The molecule has 1 aromatic heterocycles. The topological polar surface area (TPSA) is 24.9 Å². The molecule has 3 rings (SSSR count). The monoisotopic (exact) mass is 302 g/mol. The molecule has 0 aliphatic carbocycles. The quantitative estimate of drug-likeness (QED) is 0.777. The summed E-state index contributed by atoms with van der Waals surface area (Å²) in [7, 11) is 0. The molecule has 2 nitrogen and oxygen atoms in total. The van der Waals surface area contributed by atoms with Crippen molar-refractivity contribution in [1.82, 2.24) is 4.98 Å². The Kier molecular flexibility index (Phi) is 3.96. The van der Waals surface area contributed by atoms with Crippen LogP contribution in [0.2, 0.25) is 0 Å². The molecule has 0 aliphatic rings. The van der Waals surface area contributed by atoms with Crippen molar-refractivity contribution in [1.29, 1.82) is 0 Å². The Balaban J connectivity index is 1.79. The average Bonchev–Trinajstić information content (AvgIpc) is 2.51. The Labute approximate surface area is 125 Å². The molecule has 3 aromatic rings. The summed E-state index contributed by atoms with van der Waals surface area (Å²) in [5, 5.41) is 3.71. The minimum Gasteiger partial charge on any atom is -0.384 e. The summed E-state index contributed by atoms with van der Waals surface area (Å²) in [6.45, 7) is 0.327. The second-order valence-corrected chi connectivity index (χ2v) is 4.87. The van der Waals surface area contributed by atoms with Gasteiger partial charge in [0.25, 0.3) is 0 Å². The maximum Gasteiger partial charge on any atom is 0.149 e. The zero-order chi connectivity index (χ0) is 15.5. The molecular formula is C17H13F3N2. The van der Waals surface area contributed by atoms with Crippen molar-refractivity contribution in [3.05, 3.63) is 71.7 Å². The van der Waals surface area contributed by atoms with Crippen molar-refractivity contribution >= 4 is 16.6 Å². The average molecular weight is 302 g/mol. The van der Waals surface area contributed by atoms with Gasteiger partial charge in [-0.25, -0.2) is 13.2 Å². The fourth-order valence-corrected chi connectivity index (χ4v) is 2.39. The van der Waals surface area contributed by atoms with Gasteiger partial charge in [0.1, 0.15) is 23.0 Å². The lowest BCUT2D eigenvalue weighted by Gasteiger charge is -2.10. The van der Waals surface area contributed by atoms with Gasteiger partial charge in [-0.15, -0.1) is 0 Å². The predicted octanol–water partition coefficient (Wildman–Crippen LogP) is 4.31. The van der Waals surface area contributed by atoms with Gasteiger partial charge < -0.3 is 5.32 Å². The Morgan fingerprint density at radius 3 is 2.32 bits per heavy atom. The summed E-state index contributed by atoms with van der Waals surface area (Å²) in [6, 6.07) is 10.2. The highest BCUT2D eigenvalue weighted by Crippen LogP contribution is 2.23. The van der Waals surface area contributed by atoms with Gasteiger partial charge in [0.15, 0.2) is 0 Å². The number of para-hydroxylation sites is 1. The van der Waals surface area contributed by atoms with Gasteiger partial charge in [0.05, 0.1) is 0 Å². The van der Waals surface area contributed by atoms with Crippen LogP contribution >= 0.6 is 0 Å². The van der Waals surface area contributed by atoms with Crippen molar-refractivity contribution in [3.8, 4) is 0 Å². The van der Waals surface area contributed by atoms with E-state index in [1.54, 1.807) is 18.2 Å². The van der Waals surface area contributed by atoms with Crippen LogP contribution in [0.1, 0.15) is 5.56 Å². The smallest absolute Gasteiger partial charge is 0.149 e. The van der Waals surface area contributed by atoms with E-state index in [0.29, 0.717) is 17.6 Å². The van der Waals surface area contributed by atoms with Crippen LogP contribution in [0.25, 0.3) is 10.9 Å². The lowest BCUT2D eigenvalue weighted by atomic mass is 10.1. The Hall–Kier alpha value is -2.56. The van der Waals surface area contributed by atoms with Crippen molar-refractivity contribution in [2.45, 2.75) is 6.42 Å². The standard InChI is InChI=1S/C17H13F3N2/c18-13-4-2-5-14(19)11(13)7-9-21-16-8-10-22-17-12(16)3-1-6-15(17)20/h1-6,8,10H,7,9H2,(H,21,22). The van der Waals surface area contributed by atoms with Crippen LogP contribution in [-0.2, 0) is 6.42 Å². The van der Waals surface area contributed by atoms with Gasteiger partial charge in [-0.1, -0.05) is 18.2 Å². The lowest BCUT2D eigenvalue weighted by molar-refractivity contribution is 0.557. The molecule has 0 unspecified atom stereocenters. The summed E-state index contributed by atoms with van der Waals surface area (Å²) in [5.41, 5.74) is 0.991. The number of nitrogens with zero attached hydrogens (tertiary/aromatic N) is 1. The predicted molar refractivity (Wildman–Crippen MR) is 80.3 cm³/mol. The largest absolute Gasteiger partial charge is 0.384 e. The zero-order valence-corrected chi connectivity index (χ0v) is 11.6. The molecule has 0 radical (unpaired) electrons. The van der Waals surface area contributed by atoms with Crippen LogP contribution in [0.5, 0.6) is 0 Å². The normalized spacial score (nSPS) is 10.9. The molecule has 0 fully saturated rings. The number of hydrogen-bond acceptors (Lipinski definition) is 2. The second kappa shape index (κ2) is 6.05.